The first-order chi connectivity index (χ1) is 10.6. The van der Waals surface area contributed by atoms with Crippen LogP contribution in [0.25, 0.3) is 0 Å². The molecule has 2 rings (SSSR count). The quantitative estimate of drug-likeness (QED) is 0.580. The van der Waals surface area contributed by atoms with Crippen molar-refractivity contribution in [3.63, 3.8) is 0 Å². The van der Waals surface area contributed by atoms with Gasteiger partial charge in [-0.2, -0.15) is 11.8 Å². The third kappa shape index (κ3) is 6.22. The topological polar surface area (TPSA) is 24.1 Å². The Kier molecular flexibility index (Phi) is 6.96. The molecule has 0 aliphatic heterocycles. The van der Waals surface area contributed by atoms with Crippen LogP contribution in [0, 0.1) is 5.82 Å². The molecule has 0 spiro atoms. The first kappa shape index (κ1) is 17.1. The molecule has 0 atom stereocenters. The molecule has 2 aromatic carbocycles. The molecule has 0 heterocycles. The van der Waals surface area contributed by atoms with Crippen LogP contribution in [0.3, 0.4) is 0 Å². The molecule has 6 heteroatoms. The fraction of sp³-hybridized carbons (Fsp3) is 0.188. The summed E-state index contributed by atoms with van der Waals surface area (Å²) in [6.07, 6.45) is 0. The van der Waals surface area contributed by atoms with Gasteiger partial charge in [-0.25, -0.2) is 4.39 Å². The minimum absolute atomic E-state index is 0.286. The third-order valence-corrected chi connectivity index (χ3v) is 4.33. The van der Waals surface area contributed by atoms with E-state index in [9.17, 15) is 4.39 Å². The molecule has 2 aromatic rings. The summed E-state index contributed by atoms with van der Waals surface area (Å²) in [5.41, 5.74) is 1.89. The number of anilines is 1. The summed E-state index contributed by atoms with van der Waals surface area (Å²) < 4.78 is 13.0. The standard InChI is InChI=1S/C16H16ClFN2S2/c17-13-6-4-12(5-7-13)11-22-9-8-19-16(21)20-15-3-1-2-14(18)10-15/h1-7,10H,8-9,11H2,(H2,19,20,21). The van der Waals surface area contributed by atoms with Crippen LogP contribution >= 0.6 is 35.6 Å². The van der Waals surface area contributed by atoms with Gasteiger partial charge in [0.05, 0.1) is 0 Å². The first-order valence-electron chi connectivity index (χ1n) is 6.76. The number of hydrogen-bond donors (Lipinski definition) is 2. The Morgan fingerprint density at radius 2 is 1.95 bits per heavy atom. The molecule has 0 unspecified atom stereocenters. The summed E-state index contributed by atoms with van der Waals surface area (Å²) in [6, 6.07) is 14.1. The highest BCUT2D eigenvalue weighted by atomic mass is 35.5. The number of halogens is 2. The normalized spacial score (nSPS) is 10.3. The Labute approximate surface area is 144 Å². The summed E-state index contributed by atoms with van der Waals surface area (Å²) in [6.45, 7) is 0.749. The highest BCUT2D eigenvalue weighted by Gasteiger charge is 1.99. The van der Waals surface area contributed by atoms with Crippen LogP contribution in [0.2, 0.25) is 5.02 Å². The minimum atomic E-state index is -0.286. The second kappa shape index (κ2) is 8.98. The lowest BCUT2D eigenvalue weighted by Gasteiger charge is -2.10. The molecule has 0 amide bonds. The predicted octanol–water partition coefficient (Wildman–Crippen LogP) is 4.70. The molecule has 2 nitrogen and oxygen atoms in total. The molecule has 0 saturated carbocycles. The van der Waals surface area contributed by atoms with Gasteiger partial charge in [0.15, 0.2) is 5.11 Å². The Balaban J connectivity index is 1.62. The molecular formula is C16H16ClFN2S2. The summed E-state index contributed by atoms with van der Waals surface area (Å²) in [5.74, 6) is 1.57. The van der Waals surface area contributed by atoms with Crippen molar-refractivity contribution in [2.45, 2.75) is 5.75 Å². The molecule has 116 valence electrons. The van der Waals surface area contributed by atoms with Crippen molar-refractivity contribution < 1.29 is 4.39 Å². The molecule has 22 heavy (non-hydrogen) atoms. The summed E-state index contributed by atoms with van der Waals surface area (Å²) in [4.78, 5) is 0. The van der Waals surface area contributed by atoms with Crippen molar-refractivity contribution in [2.75, 3.05) is 17.6 Å². The van der Waals surface area contributed by atoms with Gasteiger partial charge in [-0.1, -0.05) is 29.8 Å². The van der Waals surface area contributed by atoms with Crippen LogP contribution in [0.4, 0.5) is 10.1 Å². The second-order valence-electron chi connectivity index (χ2n) is 4.57. The molecular weight excluding hydrogens is 339 g/mol. The number of rotatable bonds is 6. The molecule has 0 saturated heterocycles. The summed E-state index contributed by atoms with van der Waals surface area (Å²) >= 11 is 12.8. The van der Waals surface area contributed by atoms with Crippen LogP contribution in [0.15, 0.2) is 48.5 Å². The summed E-state index contributed by atoms with van der Waals surface area (Å²) in [5, 5.41) is 7.31. The molecule has 0 fully saturated rings. The molecule has 0 aliphatic rings. The van der Waals surface area contributed by atoms with Crippen molar-refractivity contribution in [3.8, 4) is 0 Å². The van der Waals surface area contributed by atoms with Crippen LogP contribution in [0.1, 0.15) is 5.56 Å². The predicted molar refractivity (Wildman–Crippen MR) is 98.2 cm³/mol. The number of thioether (sulfide) groups is 1. The fourth-order valence-electron chi connectivity index (χ4n) is 1.75. The van der Waals surface area contributed by atoms with Crippen molar-refractivity contribution in [1.29, 1.82) is 0 Å². The van der Waals surface area contributed by atoms with E-state index >= 15 is 0 Å². The van der Waals surface area contributed by atoms with E-state index in [1.54, 1.807) is 12.1 Å². The van der Waals surface area contributed by atoms with Gasteiger partial charge in [0.25, 0.3) is 0 Å². The van der Waals surface area contributed by atoms with Gasteiger partial charge in [-0.15, -0.1) is 0 Å². The van der Waals surface area contributed by atoms with E-state index in [1.807, 2.05) is 36.0 Å². The number of benzene rings is 2. The van der Waals surface area contributed by atoms with E-state index in [0.29, 0.717) is 10.8 Å². The van der Waals surface area contributed by atoms with Crippen molar-refractivity contribution >= 4 is 46.4 Å². The van der Waals surface area contributed by atoms with Gasteiger partial charge < -0.3 is 10.6 Å². The lowest BCUT2D eigenvalue weighted by atomic mass is 10.2. The Hall–Kier alpha value is -1.30. The monoisotopic (exact) mass is 354 g/mol. The van der Waals surface area contributed by atoms with Crippen LogP contribution < -0.4 is 10.6 Å². The van der Waals surface area contributed by atoms with Gasteiger partial charge in [0.1, 0.15) is 5.82 Å². The minimum Gasteiger partial charge on any atom is -0.362 e. The zero-order valence-corrected chi connectivity index (χ0v) is 14.2. The molecule has 0 aliphatic carbocycles. The number of hydrogen-bond acceptors (Lipinski definition) is 2. The van der Waals surface area contributed by atoms with Gasteiger partial charge >= 0.3 is 0 Å². The van der Waals surface area contributed by atoms with Crippen molar-refractivity contribution in [3.05, 3.63) is 64.9 Å². The number of nitrogens with one attached hydrogen (secondary N) is 2. The third-order valence-electron chi connectivity index (χ3n) is 2.80. The molecule has 0 radical (unpaired) electrons. The van der Waals surface area contributed by atoms with E-state index in [-0.39, 0.29) is 5.82 Å². The highest BCUT2D eigenvalue weighted by Crippen LogP contribution is 2.15. The van der Waals surface area contributed by atoms with E-state index < -0.39 is 0 Å². The molecule has 2 N–H and O–H groups in total. The van der Waals surface area contributed by atoms with Gasteiger partial charge in [0.2, 0.25) is 0 Å². The lowest BCUT2D eigenvalue weighted by molar-refractivity contribution is 0.628. The van der Waals surface area contributed by atoms with Crippen molar-refractivity contribution in [1.82, 2.24) is 5.32 Å². The van der Waals surface area contributed by atoms with Gasteiger partial charge in [0, 0.05) is 28.8 Å². The Morgan fingerprint density at radius 3 is 2.68 bits per heavy atom. The SMILES string of the molecule is Fc1cccc(NC(=S)NCCSCc2ccc(Cl)cc2)c1. The first-order valence-corrected chi connectivity index (χ1v) is 8.70. The molecule has 0 aromatic heterocycles. The zero-order valence-electron chi connectivity index (χ0n) is 11.8. The summed E-state index contributed by atoms with van der Waals surface area (Å²) in [7, 11) is 0. The maximum Gasteiger partial charge on any atom is 0.170 e. The molecule has 0 bridgehead atoms. The van der Waals surface area contributed by atoms with Gasteiger partial charge in [-0.3, -0.25) is 0 Å². The Morgan fingerprint density at radius 1 is 1.18 bits per heavy atom. The lowest BCUT2D eigenvalue weighted by Crippen LogP contribution is -2.30. The average molecular weight is 355 g/mol. The van der Waals surface area contributed by atoms with E-state index in [2.05, 4.69) is 10.6 Å². The zero-order chi connectivity index (χ0) is 15.8. The van der Waals surface area contributed by atoms with E-state index in [4.69, 9.17) is 23.8 Å². The van der Waals surface area contributed by atoms with E-state index in [0.717, 1.165) is 23.1 Å². The van der Waals surface area contributed by atoms with Gasteiger partial charge in [-0.05, 0) is 48.1 Å². The maximum atomic E-state index is 13.0. The van der Waals surface area contributed by atoms with Crippen LogP contribution in [0.5, 0.6) is 0 Å². The number of thiocarbonyl (C=S) groups is 1. The van der Waals surface area contributed by atoms with Crippen molar-refractivity contribution in [2.24, 2.45) is 0 Å². The van der Waals surface area contributed by atoms with E-state index in [1.165, 1.54) is 17.7 Å². The maximum absolute atomic E-state index is 13.0. The fourth-order valence-corrected chi connectivity index (χ4v) is 2.91. The van der Waals surface area contributed by atoms with Crippen LogP contribution in [-0.4, -0.2) is 17.4 Å². The largest absolute Gasteiger partial charge is 0.362 e. The average Bonchev–Trinajstić information content (AvgIpc) is 2.49. The highest BCUT2D eigenvalue weighted by molar-refractivity contribution is 7.98. The second-order valence-corrected chi connectivity index (χ2v) is 6.52. The smallest absolute Gasteiger partial charge is 0.170 e. The Bertz CT molecular complexity index is 620. The van der Waals surface area contributed by atoms with Crippen LogP contribution in [-0.2, 0) is 5.75 Å².